The van der Waals surface area contributed by atoms with Crippen LogP contribution in [-0.2, 0) is 33.2 Å². The van der Waals surface area contributed by atoms with Crippen LogP contribution in [0, 0.1) is 0 Å². The van der Waals surface area contributed by atoms with Crippen molar-refractivity contribution in [3.05, 3.63) is 36.5 Å². The first-order chi connectivity index (χ1) is 31.6. The van der Waals surface area contributed by atoms with E-state index in [9.17, 15) is 40.5 Å². The van der Waals surface area contributed by atoms with Crippen LogP contribution in [0.15, 0.2) is 36.5 Å². The number of unbranched alkanes of at least 4 members (excludes halogenated alkanes) is 20. The highest BCUT2D eigenvalue weighted by Gasteiger charge is 2.47. The minimum absolute atomic E-state index is 0.0516. The Morgan fingerprint density at radius 3 is 1.54 bits per heavy atom. The van der Waals surface area contributed by atoms with E-state index in [0.717, 1.165) is 83.5 Å². The Morgan fingerprint density at radius 1 is 0.508 bits per heavy atom. The third-order valence-corrected chi connectivity index (χ3v) is 12.1. The van der Waals surface area contributed by atoms with Crippen molar-refractivity contribution < 1.29 is 69.0 Å². The van der Waals surface area contributed by atoms with Crippen LogP contribution in [0.3, 0.4) is 0 Å². The number of carbonyl (C=O) groups is 1. The molecule has 0 saturated carbocycles. The lowest BCUT2D eigenvalue weighted by molar-refractivity contribution is -0.332. The summed E-state index contributed by atoms with van der Waals surface area (Å²) < 4.78 is 34.2. The topological polar surface area (TPSA) is 214 Å². The summed E-state index contributed by atoms with van der Waals surface area (Å²) in [7, 11) is 0. The van der Waals surface area contributed by atoms with Gasteiger partial charge in [-0.15, -0.1) is 0 Å². The highest BCUT2D eigenvalue weighted by molar-refractivity contribution is 5.69. The Morgan fingerprint density at radius 2 is 0.969 bits per heavy atom. The number of esters is 1. The predicted molar refractivity (Wildman–Crippen MR) is 252 cm³/mol. The summed E-state index contributed by atoms with van der Waals surface area (Å²) in [6, 6.07) is 0. The van der Waals surface area contributed by atoms with Gasteiger partial charge in [0.05, 0.1) is 26.4 Å². The fraction of sp³-hybridized carbons (Fsp3) is 0.863. The van der Waals surface area contributed by atoms with Gasteiger partial charge in [-0.25, -0.2) is 0 Å². The zero-order chi connectivity index (χ0) is 47.3. The highest BCUT2D eigenvalue weighted by Crippen LogP contribution is 2.26. The van der Waals surface area contributed by atoms with Crippen molar-refractivity contribution in [1.29, 1.82) is 0 Å². The van der Waals surface area contributed by atoms with Gasteiger partial charge in [-0.2, -0.15) is 0 Å². The number of rotatable bonds is 40. The van der Waals surface area contributed by atoms with Crippen molar-refractivity contribution in [3.8, 4) is 0 Å². The monoisotopic (exact) mass is 929 g/mol. The molecular formula is C51H92O14. The molecule has 7 N–H and O–H groups in total. The lowest BCUT2D eigenvalue weighted by atomic mass is 9.98. The van der Waals surface area contributed by atoms with Gasteiger partial charge in [-0.1, -0.05) is 147 Å². The van der Waals surface area contributed by atoms with Crippen molar-refractivity contribution in [2.24, 2.45) is 0 Å². The number of hydrogen-bond acceptors (Lipinski definition) is 14. The van der Waals surface area contributed by atoms with Crippen LogP contribution in [0.4, 0.5) is 0 Å². The molecule has 380 valence electrons. The fourth-order valence-corrected chi connectivity index (χ4v) is 7.88. The third kappa shape index (κ3) is 27.1. The standard InChI is InChI=1S/C51H92O14/c1-3-5-7-9-11-13-15-17-19-20-22-24-26-28-30-32-34-43(53)63-40(37-60-35-33-31-29-27-25-23-21-18-16-14-12-10-8-6-4-2)38-61-50-49(59)47(57)45(55)42(65-50)39-62-51-48(58)46(56)44(54)41(36-52)64-51/h10,12,16,18-20,40-42,44-52,54-59H,3-9,11,13-15,17,21-39H2,1-2H3/b12-10-,18-16-,20-19-. The Bertz CT molecular complexity index is 1220. The molecule has 11 unspecified atom stereocenters. The van der Waals surface area contributed by atoms with Gasteiger partial charge in [0.2, 0.25) is 0 Å². The molecular weight excluding hydrogens is 837 g/mol. The number of allylic oxidation sites excluding steroid dienone is 6. The molecule has 11 atom stereocenters. The maximum Gasteiger partial charge on any atom is 0.306 e. The zero-order valence-corrected chi connectivity index (χ0v) is 40.2. The van der Waals surface area contributed by atoms with Crippen molar-refractivity contribution >= 4 is 5.97 Å². The normalized spacial score (nSPS) is 26.8. The molecule has 0 aromatic heterocycles. The average molecular weight is 929 g/mol. The van der Waals surface area contributed by atoms with Crippen LogP contribution in [0.2, 0.25) is 0 Å². The SMILES string of the molecule is CCCC/C=C\C/C=C\CCCCCCCCOCC(COC1OC(COC2OC(CO)C(O)C(O)C2O)C(O)C(O)C1O)OC(=O)CCCCCCC/C=C\CCCCCCCCC. The maximum absolute atomic E-state index is 13.0. The zero-order valence-electron chi connectivity index (χ0n) is 40.2. The van der Waals surface area contributed by atoms with E-state index in [4.69, 9.17) is 28.4 Å². The minimum Gasteiger partial charge on any atom is -0.457 e. The largest absolute Gasteiger partial charge is 0.457 e. The van der Waals surface area contributed by atoms with E-state index in [1.54, 1.807) is 0 Å². The first-order valence-electron chi connectivity index (χ1n) is 25.6. The molecule has 0 radical (unpaired) electrons. The van der Waals surface area contributed by atoms with Crippen molar-refractivity contribution in [3.63, 3.8) is 0 Å². The van der Waals surface area contributed by atoms with Gasteiger partial charge in [-0.05, 0) is 64.2 Å². The van der Waals surface area contributed by atoms with E-state index in [2.05, 4.69) is 50.3 Å². The summed E-state index contributed by atoms with van der Waals surface area (Å²) in [5, 5.41) is 72.1. The molecule has 0 aromatic carbocycles. The molecule has 2 rings (SSSR count). The first-order valence-corrected chi connectivity index (χ1v) is 25.6. The molecule has 65 heavy (non-hydrogen) atoms. The molecule has 2 aliphatic rings. The van der Waals surface area contributed by atoms with E-state index in [0.29, 0.717) is 13.0 Å². The Balaban J connectivity index is 1.78. The first kappa shape index (κ1) is 59.3. The maximum atomic E-state index is 13.0. The van der Waals surface area contributed by atoms with Gasteiger partial charge in [-0.3, -0.25) is 4.79 Å². The Kier molecular flexibility index (Phi) is 35.7. The fourth-order valence-electron chi connectivity index (χ4n) is 7.88. The van der Waals surface area contributed by atoms with Crippen molar-refractivity contribution in [2.45, 2.75) is 248 Å². The van der Waals surface area contributed by atoms with Gasteiger partial charge >= 0.3 is 5.97 Å². The van der Waals surface area contributed by atoms with Crippen LogP contribution < -0.4 is 0 Å². The molecule has 0 amide bonds. The summed E-state index contributed by atoms with van der Waals surface area (Å²) in [4.78, 5) is 13.0. The predicted octanol–water partition coefficient (Wildman–Crippen LogP) is 7.41. The Hall–Kier alpha value is -1.79. The number of aliphatic hydroxyl groups is 7. The van der Waals surface area contributed by atoms with Crippen molar-refractivity contribution in [1.82, 2.24) is 0 Å². The summed E-state index contributed by atoms with van der Waals surface area (Å²) >= 11 is 0. The van der Waals surface area contributed by atoms with Crippen LogP contribution in [-0.4, -0.2) is 142 Å². The van der Waals surface area contributed by atoms with E-state index in [-0.39, 0.29) is 25.6 Å². The Labute approximate surface area is 391 Å². The summed E-state index contributed by atoms with van der Waals surface area (Å²) in [6.45, 7) is 3.61. The van der Waals surface area contributed by atoms with Gasteiger partial charge < -0.3 is 64.2 Å². The second-order valence-corrected chi connectivity index (χ2v) is 18.0. The molecule has 0 aromatic rings. The molecule has 0 bridgehead atoms. The van der Waals surface area contributed by atoms with E-state index in [1.807, 2.05) is 0 Å². The molecule has 14 nitrogen and oxygen atoms in total. The van der Waals surface area contributed by atoms with Gasteiger partial charge in [0.25, 0.3) is 0 Å². The average Bonchev–Trinajstić information content (AvgIpc) is 3.30. The second-order valence-electron chi connectivity index (χ2n) is 18.0. The quantitative estimate of drug-likeness (QED) is 0.0181. The van der Waals surface area contributed by atoms with Crippen molar-refractivity contribution in [2.75, 3.05) is 33.0 Å². The van der Waals surface area contributed by atoms with Crippen LogP contribution in [0.25, 0.3) is 0 Å². The number of hydrogen-bond donors (Lipinski definition) is 7. The molecule has 0 spiro atoms. The van der Waals surface area contributed by atoms with E-state index < -0.39 is 80.7 Å². The molecule has 0 aliphatic carbocycles. The van der Waals surface area contributed by atoms with Crippen LogP contribution >= 0.6 is 0 Å². The highest BCUT2D eigenvalue weighted by atomic mass is 16.7. The molecule has 2 aliphatic heterocycles. The summed E-state index contributed by atoms with van der Waals surface area (Å²) in [5.41, 5.74) is 0. The van der Waals surface area contributed by atoms with Gasteiger partial charge in [0, 0.05) is 13.0 Å². The molecule has 2 heterocycles. The lowest BCUT2D eigenvalue weighted by Gasteiger charge is -2.42. The number of ether oxygens (including phenoxy) is 6. The third-order valence-electron chi connectivity index (χ3n) is 12.1. The van der Waals surface area contributed by atoms with E-state index in [1.165, 1.54) is 70.6 Å². The van der Waals surface area contributed by atoms with Crippen LogP contribution in [0.1, 0.15) is 181 Å². The molecule has 2 saturated heterocycles. The molecule has 14 heteroatoms. The lowest BCUT2D eigenvalue weighted by Crippen LogP contribution is -2.61. The second kappa shape index (κ2) is 39.1. The minimum atomic E-state index is -1.71. The van der Waals surface area contributed by atoms with Crippen LogP contribution in [0.5, 0.6) is 0 Å². The number of carbonyl (C=O) groups excluding carboxylic acids is 1. The molecule has 2 fully saturated rings. The number of aliphatic hydroxyl groups excluding tert-OH is 7. The van der Waals surface area contributed by atoms with Gasteiger partial charge in [0.1, 0.15) is 54.9 Å². The smallest absolute Gasteiger partial charge is 0.306 e. The van der Waals surface area contributed by atoms with Gasteiger partial charge in [0.15, 0.2) is 12.6 Å². The summed E-state index contributed by atoms with van der Waals surface area (Å²) in [6.07, 6.45) is 26.3. The summed E-state index contributed by atoms with van der Waals surface area (Å²) in [5.74, 6) is -0.389. The van der Waals surface area contributed by atoms with E-state index >= 15 is 0 Å².